The van der Waals surface area contributed by atoms with E-state index in [1.165, 1.54) is 6.07 Å². The van der Waals surface area contributed by atoms with Crippen LogP contribution in [0.5, 0.6) is 0 Å². The average Bonchev–Trinajstić information content (AvgIpc) is 2.99. The Morgan fingerprint density at radius 2 is 1.81 bits per heavy atom. The first kappa shape index (κ1) is 22.7. The van der Waals surface area contributed by atoms with Gasteiger partial charge >= 0.3 is 6.18 Å². The third-order valence-electron chi connectivity index (χ3n) is 6.31. The lowest BCUT2D eigenvalue weighted by molar-refractivity contribution is -0.140. The lowest BCUT2D eigenvalue weighted by Crippen LogP contribution is -2.62. The summed E-state index contributed by atoms with van der Waals surface area (Å²) in [5.74, 6) is -2.13. The number of hydrogen-bond acceptors (Lipinski definition) is 2. The van der Waals surface area contributed by atoms with Crippen LogP contribution in [-0.2, 0) is 21.2 Å². The van der Waals surface area contributed by atoms with Crippen LogP contribution in [0.4, 0.5) is 18.9 Å². The van der Waals surface area contributed by atoms with Crippen LogP contribution in [0.1, 0.15) is 42.4 Å². The molecule has 0 radical (unpaired) electrons. The van der Waals surface area contributed by atoms with E-state index in [-0.39, 0.29) is 17.0 Å². The average molecular weight is 483 g/mol. The van der Waals surface area contributed by atoms with Gasteiger partial charge in [-0.25, -0.2) is 0 Å². The second-order valence-electron chi connectivity index (χ2n) is 8.01. The third-order valence-corrected chi connectivity index (χ3v) is 6.78. The molecule has 2 aromatic carbocycles. The van der Waals surface area contributed by atoms with Gasteiger partial charge in [0.05, 0.1) is 11.6 Å². The highest BCUT2D eigenvalue weighted by Gasteiger charge is 2.62. The molecule has 2 aliphatic rings. The summed E-state index contributed by atoms with van der Waals surface area (Å²) in [6, 6.07) is 7.05. The molecule has 0 aromatic heterocycles. The fourth-order valence-corrected chi connectivity index (χ4v) is 5.26. The Hall–Kier alpha value is -2.51. The van der Waals surface area contributed by atoms with E-state index in [4.69, 9.17) is 23.2 Å². The normalized spacial score (nSPS) is 24.8. The fourth-order valence-electron chi connectivity index (χ4n) is 4.91. The zero-order chi connectivity index (χ0) is 23.4. The molecule has 4 nitrogen and oxygen atoms in total. The fraction of sp³-hybridized carbons (Fsp3) is 0.304. The van der Waals surface area contributed by atoms with Crippen molar-refractivity contribution >= 4 is 40.7 Å². The molecule has 2 aromatic rings. The molecule has 9 heteroatoms. The number of halogens is 5. The van der Waals surface area contributed by atoms with Gasteiger partial charge in [-0.15, -0.1) is 0 Å². The number of hydrogen-bond donors (Lipinski definition) is 2. The predicted molar refractivity (Wildman–Crippen MR) is 117 cm³/mol. The maximum Gasteiger partial charge on any atom is 0.416 e. The topological polar surface area (TPSA) is 58.2 Å². The summed E-state index contributed by atoms with van der Waals surface area (Å²) in [4.78, 5) is 26.3. The van der Waals surface area contributed by atoms with E-state index in [2.05, 4.69) is 17.2 Å². The second kappa shape index (κ2) is 7.81. The first-order chi connectivity index (χ1) is 15.0. The summed E-state index contributed by atoms with van der Waals surface area (Å²) >= 11 is 12.2. The Morgan fingerprint density at radius 1 is 1.16 bits per heavy atom. The molecule has 2 N–H and O–H groups in total. The van der Waals surface area contributed by atoms with Crippen LogP contribution < -0.4 is 10.6 Å². The molecular weight excluding hydrogens is 464 g/mol. The number of piperidine rings is 1. The molecule has 4 rings (SSSR count). The lowest BCUT2D eigenvalue weighted by atomic mass is 9.58. The summed E-state index contributed by atoms with van der Waals surface area (Å²) < 4.78 is 42.0. The number of alkyl halides is 3. The van der Waals surface area contributed by atoms with Gasteiger partial charge < -0.3 is 10.6 Å². The van der Waals surface area contributed by atoms with E-state index in [1.807, 2.05) is 6.92 Å². The van der Waals surface area contributed by atoms with Gasteiger partial charge in [0.2, 0.25) is 11.8 Å². The van der Waals surface area contributed by atoms with Crippen LogP contribution in [0.3, 0.4) is 0 Å². The number of fused-ring (bicyclic) bond motifs is 2. The number of rotatable bonds is 3. The minimum absolute atomic E-state index is 0.0785. The van der Waals surface area contributed by atoms with Gasteiger partial charge in [-0.1, -0.05) is 48.3 Å². The summed E-state index contributed by atoms with van der Waals surface area (Å²) in [6.07, 6.45) is -4.62. The van der Waals surface area contributed by atoms with Crippen LogP contribution in [0.15, 0.2) is 48.6 Å². The molecule has 2 aliphatic heterocycles. The molecule has 0 aliphatic carbocycles. The molecule has 1 spiro atoms. The van der Waals surface area contributed by atoms with Gasteiger partial charge in [0, 0.05) is 28.1 Å². The van der Waals surface area contributed by atoms with Crippen molar-refractivity contribution in [3.05, 3.63) is 75.3 Å². The van der Waals surface area contributed by atoms with Crippen LogP contribution >= 0.6 is 23.2 Å². The first-order valence-electron chi connectivity index (χ1n) is 9.95. The number of benzene rings is 2. The van der Waals surface area contributed by atoms with E-state index < -0.39 is 40.9 Å². The minimum Gasteiger partial charge on any atom is -0.348 e. The van der Waals surface area contributed by atoms with Crippen LogP contribution in [0, 0.1) is 0 Å². The van der Waals surface area contributed by atoms with Gasteiger partial charge in [0.1, 0.15) is 5.41 Å². The van der Waals surface area contributed by atoms with Crippen molar-refractivity contribution in [1.29, 1.82) is 0 Å². The zero-order valence-electron chi connectivity index (χ0n) is 16.9. The minimum atomic E-state index is -4.70. The van der Waals surface area contributed by atoms with Gasteiger partial charge in [-0.2, -0.15) is 13.2 Å². The van der Waals surface area contributed by atoms with E-state index >= 15 is 0 Å². The Labute approximate surface area is 192 Å². The van der Waals surface area contributed by atoms with E-state index in [0.717, 1.165) is 12.1 Å². The molecule has 1 fully saturated rings. The zero-order valence-corrected chi connectivity index (χ0v) is 18.5. The van der Waals surface area contributed by atoms with Crippen molar-refractivity contribution in [2.24, 2.45) is 0 Å². The van der Waals surface area contributed by atoms with Crippen molar-refractivity contribution in [3.8, 4) is 0 Å². The maximum absolute atomic E-state index is 14.0. The maximum atomic E-state index is 14.0. The van der Waals surface area contributed by atoms with E-state index in [0.29, 0.717) is 28.3 Å². The number of carbonyl (C=O) groups is 2. The molecule has 168 valence electrons. The van der Waals surface area contributed by atoms with Crippen LogP contribution in [0.2, 0.25) is 10.0 Å². The number of amides is 2. The van der Waals surface area contributed by atoms with Gasteiger partial charge in [0.15, 0.2) is 0 Å². The number of carbonyl (C=O) groups excluding carboxylic acids is 2. The second-order valence-corrected chi connectivity index (χ2v) is 8.88. The van der Waals surface area contributed by atoms with Gasteiger partial charge in [0.25, 0.3) is 0 Å². The van der Waals surface area contributed by atoms with Gasteiger partial charge in [-0.3, -0.25) is 9.59 Å². The third kappa shape index (κ3) is 3.39. The lowest BCUT2D eigenvalue weighted by Gasteiger charge is -2.47. The highest BCUT2D eigenvalue weighted by Crippen LogP contribution is 2.56. The summed E-state index contributed by atoms with van der Waals surface area (Å²) in [6.45, 7) is 5.83. The molecule has 0 saturated carbocycles. The molecule has 0 unspecified atom stereocenters. The molecule has 3 atom stereocenters. The molecular formula is C23H19Cl2F3N2O2. The molecule has 32 heavy (non-hydrogen) atoms. The molecule has 1 saturated heterocycles. The van der Waals surface area contributed by atoms with Crippen LogP contribution in [-0.4, -0.2) is 17.9 Å². The Bertz CT molecular complexity index is 1150. The molecule has 0 bridgehead atoms. The van der Waals surface area contributed by atoms with Crippen molar-refractivity contribution in [1.82, 2.24) is 5.32 Å². The van der Waals surface area contributed by atoms with Crippen molar-refractivity contribution in [2.45, 2.75) is 43.3 Å². The number of anilines is 1. The van der Waals surface area contributed by atoms with E-state index in [9.17, 15) is 22.8 Å². The largest absolute Gasteiger partial charge is 0.416 e. The smallest absolute Gasteiger partial charge is 0.348 e. The predicted octanol–water partition coefficient (Wildman–Crippen LogP) is 5.84. The van der Waals surface area contributed by atoms with E-state index in [1.54, 1.807) is 18.2 Å². The SMILES string of the molecule is C=C(CC)[C@H]1NC(=O)C[C@@H](c2cc(Cl)ccc2C(F)(F)F)[C@]12C(=O)Nc1cc(Cl)ccc12. The van der Waals surface area contributed by atoms with Crippen molar-refractivity contribution in [2.75, 3.05) is 5.32 Å². The Morgan fingerprint density at radius 3 is 2.47 bits per heavy atom. The van der Waals surface area contributed by atoms with Gasteiger partial charge in [-0.05, 0) is 47.9 Å². The van der Waals surface area contributed by atoms with Crippen molar-refractivity contribution in [3.63, 3.8) is 0 Å². The monoisotopic (exact) mass is 482 g/mol. The Balaban J connectivity index is 2.07. The quantitative estimate of drug-likeness (QED) is 0.539. The summed E-state index contributed by atoms with van der Waals surface area (Å²) in [7, 11) is 0. The molecule has 2 amide bonds. The highest BCUT2D eigenvalue weighted by atomic mass is 35.5. The standard InChI is InChI=1S/C23H19Cl2F3N2O2/c1-3-11(2)20-22(16-7-5-13(25)9-18(16)29-21(22)32)17(10-19(31)30-20)14-8-12(24)4-6-15(14)23(26,27)28/h4-9,17,20H,2-3,10H2,1H3,(H,29,32)(H,30,31)/t17-,20+,22-/m0/s1. The number of nitrogens with one attached hydrogen (secondary N) is 2. The Kier molecular flexibility index (Phi) is 5.54. The summed E-state index contributed by atoms with van der Waals surface area (Å²) in [5.41, 5.74) is -1.30. The first-order valence-corrected chi connectivity index (χ1v) is 10.7. The molecule has 2 heterocycles. The summed E-state index contributed by atoms with van der Waals surface area (Å²) in [5, 5.41) is 6.02. The van der Waals surface area contributed by atoms with Crippen LogP contribution in [0.25, 0.3) is 0 Å². The van der Waals surface area contributed by atoms with Crippen molar-refractivity contribution < 1.29 is 22.8 Å². The highest BCUT2D eigenvalue weighted by molar-refractivity contribution is 6.31.